The third-order valence-electron chi connectivity index (χ3n) is 5.55. The fourth-order valence-electron chi connectivity index (χ4n) is 3.81. The molecule has 1 amide bonds. The normalized spacial score (nSPS) is 15.2. The predicted molar refractivity (Wildman–Crippen MR) is 117 cm³/mol. The second-order valence-electron chi connectivity index (χ2n) is 7.21. The minimum atomic E-state index is -0.126. The second kappa shape index (κ2) is 7.86. The van der Waals surface area contributed by atoms with Crippen molar-refractivity contribution in [2.45, 2.75) is 6.92 Å². The summed E-state index contributed by atoms with van der Waals surface area (Å²) in [6, 6.07) is 15.6. The molecule has 2 aromatic carbocycles. The fourth-order valence-corrected chi connectivity index (χ4v) is 3.99. The summed E-state index contributed by atoms with van der Waals surface area (Å²) in [6.07, 6.45) is 0. The van der Waals surface area contributed by atoms with Gasteiger partial charge in [-0.1, -0.05) is 18.5 Å². The molecule has 0 atom stereocenters. The average molecular weight is 397 g/mol. The first kappa shape index (κ1) is 18.8. The van der Waals surface area contributed by atoms with Gasteiger partial charge in [0, 0.05) is 60.5 Å². The lowest BCUT2D eigenvalue weighted by Crippen LogP contribution is -2.46. The molecule has 1 fully saturated rings. The van der Waals surface area contributed by atoms with E-state index in [-0.39, 0.29) is 5.91 Å². The number of rotatable bonds is 4. The number of carbonyl (C=O) groups is 1. The van der Waals surface area contributed by atoms with Crippen molar-refractivity contribution in [2.24, 2.45) is 7.05 Å². The molecular formula is C22H25ClN4O. The van der Waals surface area contributed by atoms with Gasteiger partial charge in [-0.25, -0.2) is 0 Å². The van der Waals surface area contributed by atoms with Crippen molar-refractivity contribution in [3.05, 3.63) is 59.2 Å². The smallest absolute Gasteiger partial charge is 0.272 e. The number of hydrogen-bond acceptors (Lipinski definition) is 3. The van der Waals surface area contributed by atoms with Crippen molar-refractivity contribution < 1.29 is 4.79 Å². The molecule has 0 aliphatic carbocycles. The Bertz CT molecular complexity index is 988. The van der Waals surface area contributed by atoms with Gasteiger partial charge in [-0.3, -0.25) is 4.79 Å². The number of benzene rings is 2. The van der Waals surface area contributed by atoms with Crippen LogP contribution in [0.4, 0.5) is 11.4 Å². The average Bonchev–Trinajstić information content (AvgIpc) is 3.04. The molecule has 0 radical (unpaired) electrons. The largest absolute Gasteiger partial charge is 0.369 e. The number of amides is 1. The van der Waals surface area contributed by atoms with Crippen LogP contribution < -0.4 is 10.2 Å². The van der Waals surface area contributed by atoms with Gasteiger partial charge in [-0.05, 0) is 55.1 Å². The molecule has 5 nitrogen and oxygen atoms in total. The number of anilines is 2. The van der Waals surface area contributed by atoms with Gasteiger partial charge in [0.25, 0.3) is 5.91 Å². The van der Waals surface area contributed by atoms with E-state index < -0.39 is 0 Å². The van der Waals surface area contributed by atoms with Gasteiger partial charge in [0.05, 0.1) is 0 Å². The number of likely N-dealkylation sites (N-methyl/N-ethyl adjacent to an activating group) is 1. The number of piperazine rings is 1. The van der Waals surface area contributed by atoms with E-state index >= 15 is 0 Å². The van der Waals surface area contributed by atoms with Gasteiger partial charge < -0.3 is 19.7 Å². The molecule has 146 valence electrons. The summed E-state index contributed by atoms with van der Waals surface area (Å²) in [7, 11) is 1.89. The van der Waals surface area contributed by atoms with Gasteiger partial charge in [0.15, 0.2) is 0 Å². The zero-order chi connectivity index (χ0) is 19.7. The molecule has 1 aromatic heterocycles. The van der Waals surface area contributed by atoms with Crippen LogP contribution in [0.2, 0.25) is 5.02 Å². The first-order valence-corrected chi connectivity index (χ1v) is 10.1. The van der Waals surface area contributed by atoms with Crippen LogP contribution in [0.5, 0.6) is 0 Å². The molecule has 6 heteroatoms. The molecule has 1 aliphatic heterocycles. The summed E-state index contributed by atoms with van der Waals surface area (Å²) in [5, 5.41) is 4.63. The molecule has 4 rings (SSSR count). The van der Waals surface area contributed by atoms with Gasteiger partial charge >= 0.3 is 0 Å². The van der Waals surface area contributed by atoms with Crippen LogP contribution >= 0.6 is 11.6 Å². The van der Waals surface area contributed by atoms with Gasteiger partial charge in [0.1, 0.15) is 5.69 Å². The van der Waals surface area contributed by atoms with Crippen molar-refractivity contribution in [2.75, 3.05) is 42.9 Å². The molecule has 1 saturated heterocycles. The van der Waals surface area contributed by atoms with Crippen LogP contribution in [0.15, 0.2) is 48.5 Å². The summed E-state index contributed by atoms with van der Waals surface area (Å²) in [5.74, 6) is -0.126. The van der Waals surface area contributed by atoms with Crippen molar-refractivity contribution >= 4 is 39.8 Å². The Kier molecular flexibility index (Phi) is 5.29. The van der Waals surface area contributed by atoms with Crippen LogP contribution in [-0.2, 0) is 7.05 Å². The third-order valence-corrected chi connectivity index (χ3v) is 5.78. The van der Waals surface area contributed by atoms with E-state index in [9.17, 15) is 4.79 Å². The molecule has 0 saturated carbocycles. The van der Waals surface area contributed by atoms with Crippen molar-refractivity contribution in [3.8, 4) is 0 Å². The first-order valence-electron chi connectivity index (χ1n) is 9.69. The number of hydrogen-bond donors (Lipinski definition) is 1. The third kappa shape index (κ3) is 3.73. The maximum absolute atomic E-state index is 12.8. The highest BCUT2D eigenvalue weighted by atomic mass is 35.5. The maximum atomic E-state index is 12.8. The Morgan fingerprint density at radius 2 is 1.75 bits per heavy atom. The summed E-state index contributed by atoms with van der Waals surface area (Å²) in [6.45, 7) is 7.59. The molecule has 0 unspecified atom stereocenters. The predicted octanol–water partition coefficient (Wildman–Crippen LogP) is 4.23. The SMILES string of the molecule is CCN1CCN(c2ccc(NC(=O)c3cc4cc(Cl)ccc4n3C)cc2)CC1. The lowest BCUT2D eigenvalue weighted by molar-refractivity contribution is 0.102. The van der Waals surface area contributed by atoms with E-state index in [0.29, 0.717) is 10.7 Å². The quantitative estimate of drug-likeness (QED) is 0.717. The molecule has 0 bridgehead atoms. The standard InChI is InChI=1S/C22H25ClN4O/c1-3-26-10-12-27(13-11-26)19-7-5-18(6-8-19)24-22(28)21-15-16-14-17(23)4-9-20(16)25(21)2/h4-9,14-15H,3,10-13H2,1-2H3,(H,24,28). The fraction of sp³-hybridized carbons (Fsp3) is 0.318. The highest BCUT2D eigenvalue weighted by Crippen LogP contribution is 2.24. The minimum absolute atomic E-state index is 0.126. The monoisotopic (exact) mass is 396 g/mol. The Morgan fingerprint density at radius 1 is 1.04 bits per heavy atom. The van der Waals surface area contributed by atoms with Crippen LogP contribution in [0.25, 0.3) is 10.9 Å². The number of nitrogens with zero attached hydrogens (tertiary/aromatic N) is 3. The zero-order valence-corrected chi connectivity index (χ0v) is 17.0. The number of carbonyl (C=O) groups excluding carboxylic acids is 1. The molecule has 3 aromatic rings. The minimum Gasteiger partial charge on any atom is -0.369 e. The summed E-state index contributed by atoms with van der Waals surface area (Å²) in [4.78, 5) is 17.6. The van der Waals surface area contributed by atoms with Crippen molar-refractivity contribution in [1.29, 1.82) is 0 Å². The molecule has 1 N–H and O–H groups in total. The van der Waals surface area contributed by atoms with Gasteiger partial charge in [-0.15, -0.1) is 0 Å². The maximum Gasteiger partial charge on any atom is 0.272 e. The Labute approximate surface area is 170 Å². The van der Waals surface area contributed by atoms with E-state index in [1.165, 1.54) is 5.69 Å². The Morgan fingerprint density at radius 3 is 2.43 bits per heavy atom. The number of fused-ring (bicyclic) bond motifs is 1. The molecule has 28 heavy (non-hydrogen) atoms. The molecule has 0 spiro atoms. The summed E-state index contributed by atoms with van der Waals surface area (Å²) >= 11 is 6.07. The topological polar surface area (TPSA) is 40.5 Å². The number of halogens is 1. The van der Waals surface area contributed by atoms with Crippen molar-refractivity contribution in [1.82, 2.24) is 9.47 Å². The van der Waals surface area contributed by atoms with Crippen LogP contribution in [-0.4, -0.2) is 48.1 Å². The van der Waals surface area contributed by atoms with E-state index in [4.69, 9.17) is 11.6 Å². The number of aryl methyl sites for hydroxylation is 1. The van der Waals surface area contributed by atoms with Crippen molar-refractivity contribution in [3.63, 3.8) is 0 Å². The van der Waals surface area contributed by atoms with E-state index in [0.717, 1.165) is 49.3 Å². The van der Waals surface area contributed by atoms with E-state index in [1.54, 1.807) is 0 Å². The Balaban J connectivity index is 1.46. The highest BCUT2D eigenvalue weighted by Gasteiger charge is 2.17. The molecule has 1 aliphatic rings. The lowest BCUT2D eigenvalue weighted by Gasteiger charge is -2.35. The Hall–Kier alpha value is -2.50. The highest BCUT2D eigenvalue weighted by molar-refractivity contribution is 6.31. The van der Waals surface area contributed by atoms with Gasteiger partial charge in [-0.2, -0.15) is 0 Å². The van der Waals surface area contributed by atoms with E-state index in [1.807, 2.05) is 48.0 Å². The van der Waals surface area contributed by atoms with Crippen LogP contribution in [0.1, 0.15) is 17.4 Å². The summed E-state index contributed by atoms with van der Waals surface area (Å²) in [5.41, 5.74) is 3.59. The summed E-state index contributed by atoms with van der Waals surface area (Å²) < 4.78 is 1.89. The molecule has 2 heterocycles. The second-order valence-corrected chi connectivity index (χ2v) is 7.65. The molecular weight excluding hydrogens is 372 g/mol. The van der Waals surface area contributed by atoms with Crippen LogP contribution in [0.3, 0.4) is 0 Å². The number of aromatic nitrogens is 1. The lowest BCUT2D eigenvalue weighted by atomic mass is 10.2. The first-order chi connectivity index (χ1) is 13.5. The van der Waals surface area contributed by atoms with E-state index in [2.05, 4.69) is 34.2 Å². The number of nitrogens with one attached hydrogen (secondary N) is 1. The zero-order valence-electron chi connectivity index (χ0n) is 16.3. The van der Waals surface area contributed by atoms with Crippen LogP contribution in [0, 0.1) is 0 Å². The van der Waals surface area contributed by atoms with Gasteiger partial charge in [0.2, 0.25) is 0 Å².